The number of hydrogen-bond donors (Lipinski definition) is 3. The number of ether oxygens (including phenoxy) is 1. The van der Waals surface area contributed by atoms with Gasteiger partial charge < -0.3 is 20.4 Å². The zero-order valence-electron chi connectivity index (χ0n) is 15.6. The van der Waals surface area contributed by atoms with Gasteiger partial charge in [0.05, 0.1) is 19.8 Å². The van der Waals surface area contributed by atoms with Crippen LogP contribution in [0.1, 0.15) is 19.5 Å². The van der Waals surface area contributed by atoms with Crippen LogP contribution in [0.5, 0.6) is 0 Å². The molecule has 2 aromatic rings. The smallest absolute Gasteiger partial charge is 0.191 e. The van der Waals surface area contributed by atoms with Crippen molar-refractivity contribution in [2.45, 2.75) is 26.4 Å². The second kappa shape index (κ2) is 10.7. The molecule has 1 aromatic carbocycles. The first-order valence-electron chi connectivity index (χ1n) is 9.17. The Morgan fingerprint density at radius 3 is 2.77 bits per heavy atom. The van der Waals surface area contributed by atoms with E-state index in [1.54, 1.807) is 0 Å². The molecule has 0 amide bonds. The number of aromatic nitrogens is 1. The second-order valence-electron chi connectivity index (χ2n) is 6.46. The van der Waals surface area contributed by atoms with E-state index in [0.29, 0.717) is 12.6 Å². The molecule has 2 heterocycles. The molecule has 0 spiro atoms. The summed E-state index contributed by atoms with van der Waals surface area (Å²) in [5.41, 5.74) is 2.28. The molecule has 1 saturated heterocycles. The first-order chi connectivity index (χ1) is 12.3. The number of fused-ring (bicyclic) bond motifs is 1. The molecule has 0 saturated carbocycles. The van der Waals surface area contributed by atoms with E-state index in [0.717, 1.165) is 56.6 Å². The van der Waals surface area contributed by atoms with E-state index in [1.807, 2.05) is 6.07 Å². The third-order valence-corrected chi connectivity index (χ3v) is 4.57. The average molecular weight is 471 g/mol. The number of aromatic amines is 1. The van der Waals surface area contributed by atoms with Crippen LogP contribution in [0.4, 0.5) is 0 Å². The predicted molar refractivity (Wildman–Crippen MR) is 118 cm³/mol. The minimum absolute atomic E-state index is 0. The van der Waals surface area contributed by atoms with Crippen molar-refractivity contribution in [2.75, 3.05) is 39.4 Å². The van der Waals surface area contributed by atoms with E-state index in [-0.39, 0.29) is 24.0 Å². The van der Waals surface area contributed by atoms with Crippen LogP contribution in [-0.2, 0) is 11.3 Å². The SMILES string of the molecule is CCNC(=NCc1cc2ccccc2[nH]1)NCC(C)N1CCOCC1.I. The van der Waals surface area contributed by atoms with Gasteiger partial charge in [0, 0.05) is 43.4 Å². The van der Waals surface area contributed by atoms with Crippen molar-refractivity contribution < 1.29 is 4.74 Å². The molecule has 1 fully saturated rings. The number of nitrogens with one attached hydrogen (secondary N) is 3. The maximum atomic E-state index is 5.42. The molecule has 1 atom stereocenters. The lowest BCUT2D eigenvalue weighted by atomic mass is 10.2. The number of H-pyrrole nitrogens is 1. The van der Waals surface area contributed by atoms with Gasteiger partial charge in [0.15, 0.2) is 5.96 Å². The molecule has 1 unspecified atom stereocenters. The zero-order valence-corrected chi connectivity index (χ0v) is 18.0. The van der Waals surface area contributed by atoms with Gasteiger partial charge in [-0.25, -0.2) is 4.99 Å². The van der Waals surface area contributed by atoms with Crippen LogP contribution in [0.3, 0.4) is 0 Å². The van der Waals surface area contributed by atoms with E-state index in [2.05, 4.69) is 58.6 Å². The summed E-state index contributed by atoms with van der Waals surface area (Å²) in [6.07, 6.45) is 0. The lowest BCUT2D eigenvalue weighted by molar-refractivity contribution is 0.0211. The summed E-state index contributed by atoms with van der Waals surface area (Å²) >= 11 is 0. The van der Waals surface area contributed by atoms with E-state index in [9.17, 15) is 0 Å². The average Bonchev–Trinajstić information content (AvgIpc) is 3.07. The van der Waals surface area contributed by atoms with E-state index >= 15 is 0 Å². The van der Waals surface area contributed by atoms with Crippen molar-refractivity contribution in [3.05, 3.63) is 36.0 Å². The van der Waals surface area contributed by atoms with Crippen LogP contribution in [0, 0.1) is 0 Å². The van der Waals surface area contributed by atoms with Gasteiger partial charge in [-0.15, -0.1) is 24.0 Å². The van der Waals surface area contributed by atoms with Crippen LogP contribution >= 0.6 is 24.0 Å². The molecule has 0 bridgehead atoms. The van der Waals surface area contributed by atoms with Gasteiger partial charge in [-0.2, -0.15) is 0 Å². The highest BCUT2D eigenvalue weighted by molar-refractivity contribution is 14.0. The maximum absolute atomic E-state index is 5.42. The van der Waals surface area contributed by atoms with Gasteiger partial charge in [0.2, 0.25) is 0 Å². The number of guanidine groups is 1. The molecule has 7 heteroatoms. The Morgan fingerprint density at radius 1 is 1.27 bits per heavy atom. The second-order valence-corrected chi connectivity index (χ2v) is 6.46. The number of halogens is 1. The van der Waals surface area contributed by atoms with Crippen molar-refractivity contribution in [1.29, 1.82) is 0 Å². The third kappa shape index (κ3) is 5.85. The number of rotatable bonds is 6. The fourth-order valence-corrected chi connectivity index (χ4v) is 3.12. The Kier molecular flexibility index (Phi) is 8.67. The van der Waals surface area contributed by atoms with Gasteiger partial charge >= 0.3 is 0 Å². The number of hydrogen-bond acceptors (Lipinski definition) is 3. The minimum atomic E-state index is 0. The van der Waals surface area contributed by atoms with Crippen LogP contribution in [-0.4, -0.2) is 61.3 Å². The van der Waals surface area contributed by atoms with Crippen LogP contribution in [0.2, 0.25) is 0 Å². The van der Waals surface area contributed by atoms with Crippen molar-refractivity contribution in [2.24, 2.45) is 4.99 Å². The molecule has 0 aliphatic carbocycles. The third-order valence-electron chi connectivity index (χ3n) is 4.57. The number of benzene rings is 1. The zero-order chi connectivity index (χ0) is 17.5. The predicted octanol–water partition coefficient (Wildman–Crippen LogP) is 2.56. The molecule has 3 rings (SSSR count). The van der Waals surface area contributed by atoms with Crippen LogP contribution in [0.15, 0.2) is 35.3 Å². The van der Waals surface area contributed by atoms with Gasteiger partial charge in [0.1, 0.15) is 0 Å². The number of aliphatic imine (C=N–C) groups is 1. The fraction of sp³-hybridized carbons (Fsp3) is 0.526. The molecule has 0 radical (unpaired) electrons. The highest BCUT2D eigenvalue weighted by Gasteiger charge is 2.16. The fourth-order valence-electron chi connectivity index (χ4n) is 3.12. The van der Waals surface area contributed by atoms with Crippen LogP contribution < -0.4 is 10.6 Å². The molecule has 1 aliphatic heterocycles. The number of para-hydroxylation sites is 1. The topological polar surface area (TPSA) is 64.7 Å². The highest BCUT2D eigenvalue weighted by Crippen LogP contribution is 2.15. The molecule has 144 valence electrons. The van der Waals surface area contributed by atoms with E-state index in [1.165, 1.54) is 5.39 Å². The van der Waals surface area contributed by atoms with E-state index in [4.69, 9.17) is 9.73 Å². The Hall–Kier alpha value is -1.32. The number of nitrogens with zero attached hydrogens (tertiary/aromatic N) is 2. The summed E-state index contributed by atoms with van der Waals surface area (Å²) in [5.74, 6) is 0.862. The Balaban J connectivity index is 0.00000243. The quantitative estimate of drug-likeness (QED) is 0.344. The summed E-state index contributed by atoms with van der Waals surface area (Å²) in [5, 5.41) is 8.02. The normalized spacial score (nSPS) is 16.9. The molecular formula is C19H30IN5O. The number of morpholine rings is 1. The lowest BCUT2D eigenvalue weighted by Gasteiger charge is -2.32. The molecule has 1 aliphatic rings. The van der Waals surface area contributed by atoms with E-state index < -0.39 is 0 Å². The molecule has 3 N–H and O–H groups in total. The van der Waals surface area contributed by atoms with Crippen molar-refractivity contribution in [1.82, 2.24) is 20.5 Å². The largest absolute Gasteiger partial charge is 0.379 e. The van der Waals surface area contributed by atoms with Crippen LogP contribution in [0.25, 0.3) is 10.9 Å². The molecular weight excluding hydrogens is 441 g/mol. The Morgan fingerprint density at radius 2 is 2.04 bits per heavy atom. The molecule has 6 nitrogen and oxygen atoms in total. The monoisotopic (exact) mass is 471 g/mol. The lowest BCUT2D eigenvalue weighted by Crippen LogP contribution is -2.49. The minimum Gasteiger partial charge on any atom is -0.379 e. The summed E-state index contributed by atoms with van der Waals surface area (Å²) in [4.78, 5) is 10.6. The van der Waals surface area contributed by atoms with Gasteiger partial charge in [0.25, 0.3) is 0 Å². The Bertz CT molecular complexity index is 663. The summed E-state index contributed by atoms with van der Waals surface area (Å²) < 4.78 is 5.42. The summed E-state index contributed by atoms with van der Waals surface area (Å²) in [6, 6.07) is 10.9. The van der Waals surface area contributed by atoms with Gasteiger partial charge in [-0.3, -0.25) is 4.90 Å². The Labute approximate surface area is 172 Å². The first kappa shape index (κ1) is 21.0. The van der Waals surface area contributed by atoms with Crippen molar-refractivity contribution >= 4 is 40.8 Å². The first-order valence-corrected chi connectivity index (χ1v) is 9.17. The van der Waals surface area contributed by atoms with Crippen molar-refractivity contribution in [3.8, 4) is 0 Å². The van der Waals surface area contributed by atoms with Gasteiger partial charge in [-0.05, 0) is 31.4 Å². The molecule has 26 heavy (non-hydrogen) atoms. The molecule has 1 aromatic heterocycles. The summed E-state index contributed by atoms with van der Waals surface area (Å²) in [6.45, 7) is 10.4. The standard InChI is InChI=1S/C19H29N5O.HI/c1-3-20-19(21-13-15(2)24-8-10-25-11-9-24)22-14-17-12-16-6-4-5-7-18(16)23-17;/h4-7,12,15,23H,3,8-11,13-14H2,1-2H3,(H2,20,21,22);1H. The van der Waals surface area contributed by atoms with Crippen molar-refractivity contribution in [3.63, 3.8) is 0 Å². The van der Waals surface area contributed by atoms with Gasteiger partial charge in [-0.1, -0.05) is 18.2 Å². The summed E-state index contributed by atoms with van der Waals surface area (Å²) in [7, 11) is 0. The maximum Gasteiger partial charge on any atom is 0.191 e. The highest BCUT2D eigenvalue weighted by atomic mass is 127.